The van der Waals surface area contributed by atoms with E-state index in [9.17, 15) is 15.0 Å². The molecule has 8 heteroatoms. The van der Waals surface area contributed by atoms with Crippen LogP contribution in [0.5, 0.6) is 11.5 Å². The average Bonchev–Trinajstić information content (AvgIpc) is 2.97. The Kier molecular flexibility index (Phi) is 7.31. The summed E-state index contributed by atoms with van der Waals surface area (Å²) >= 11 is 0. The SMILES string of the molecule is COc1ccc(Nc2ccc(CC[C@](O)(CN)c3ccc(O)c4[nH]c(=O)ccc34)cc2)cc1-c1cccnc1. The second kappa shape index (κ2) is 11.0. The maximum absolute atomic E-state index is 11.8. The first-order valence-electron chi connectivity index (χ1n) is 12.6. The van der Waals surface area contributed by atoms with E-state index in [-0.39, 0.29) is 23.4 Å². The number of methoxy groups -OCH3 is 1. The molecule has 0 fully saturated rings. The standard InChI is InChI=1S/C31H30N4O4/c1-39-28-12-8-23(17-25(28)21-3-2-16-33-18-21)34-22-6-4-20(5-7-22)14-15-31(38,19-32)26-10-11-27(36)30-24(26)9-13-29(37)35-30/h2-13,16-18,34,36,38H,14-15,19,32H2,1H3,(H,35,37)/t31-/m0/s1. The second-order valence-corrected chi connectivity index (χ2v) is 9.46. The van der Waals surface area contributed by atoms with Crippen LogP contribution in [0.3, 0.4) is 0 Å². The molecule has 0 unspecified atom stereocenters. The number of nitrogens with two attached hydrogens (primary N) is 1. The number of aromatic amines is 1. The zero-order chi connectivity index (χ0) is 27.4. The van der Waals surface area contributed by atoms with Crippen LogP contribution in [-0.2, 0) is 12.0 Å². The van der Waals surface area contributed by atoms with E-state index in [0.717, 1.165) is 33.8 Å². The van der Waals surface area contributed by atoms with Gasteiger partial charge in [-0.1, -0.05) is 24.3 Å². The number of nitrogens with zero attached hydrogens (tertiary/aromatic N) is 1. The highest BCUT2D eigenvalue weighted by molar-refractivity contribution is 5.88. The molecule has 0 saturated heterocycles. The summed E-state index contributed by atoms with van der Waals surface area (Å²) in [6, 6.07) is 23.9. The van der Waals surface area contributed by atoms with Gasteiger partial charge in [0.1, 0.15) is 17.1 Å². The van der Waals surface area contributed by atoms with Crippen molar-refractivity contribution < 1.29 is 14.9 Å². The molecule has 1 atom stereocenters. The van der Waals surface area contributed by atoms with Gasteiger partial charge >= 0.3 is 0 Å². The van der Waals surface area contributed by atoms with Gasteiger partial charge in [0.05, 0.1) is 12.6 Å². The number of anilines is 2. The van der Waals surface area contributed by atoms with Crippen molar-refractivity contribution in [3.63, 3.8) is 0 Å². The summed E-state index contributed by atoms with van der Waals surface area (Å²) in [5.74, 6) is 0.711. The van der Waals surface area contributed by atoms with Crippen molar-refractivity contribution >= 4 is 22.3 Å². The number of aromatic hydroxyl groups is 1. The van der Waals surface area contributed by atoms with E-state index in [4.69, 9.17) is 10.5 Å². The number of hydrogen-bond donors (Lipinski definition) is 5. The highest BCUT2D eigenvalue weighted by atomic mass is 16.5. The first kappa shape index (κ1) is 26.0. The maximum atomic E-state index is 11.8. The molecule has 0 aliphatic heterocycles. The summed E-state index contributed by atoms with van der Waals surface area (Å²) in [5, 5.41) is 25.7. The third-order valence-electron chi connectivity index (χ3n) is 6.95. The molecule has 2 aromatic heterocycles. The molecule has 0 bridgehead atoms. The summed E-state index contributed by atoms with van der Waals surface area (Å²) in [5.41, 5.74) is 10.0. The van der Waals surface area contributed by atoms with E-state index in [2.05, 4.69) is 15.3 Å². The summed E-state index contributed by atoms with van der Waals surface area (Å²) < 4.78 is 5.54. The number of ether oxygens (including phenoxy) is 1. The molecule has 5 rings (SSSR count). The number of phenols is 1. The quantitative estimate of drug-likeness (QED) is 0.187. The molecule has 0 aliphatic carbocycles. The van der Waals surface area contributed by atoms with Crippen molar-refractivity contribution in [3.8, 4) is 22.6 Å². The zero-order valence-electron chi connectivity index (χ0n) is 21.5. The van der Waals surface area contributed by atoms with Gasteiger partial charge in [0.2, 0.25) is 5.56 Å². The van der Waals surface area contributed by atoms with Crippen LogP contribution >= 0.6 is 0 Å². The van der Waals surface area contributed by atoms with Gasteiger partial charge in [0.15, 0.2) is 0 Å². The molecule has 2 heterocycles. The number of fused-ring (bicyclic) bond motifs is 1. The van der Waals surface area contributed by atoms with Crippen LogP contribution in [-0.4, -0.2) is 33.8 Å². The monoisotopic (exact) mass is 522 g/mol. The average molecular weight is 523 g/mol. The molecule has 0 amide bonds. The van der Waals surface area contributed by atoms with Crippen LogP contribution in [0.2, 0.25) is 0 Å². The lowest BCUT2D eigenvalue weighted by Crippen LogP contribution is -2.35. The Bertz CT molecular complexity index is 1650. The highest BCUT2D eigenvalue weighted by Gasteiger charge is 2.30. The number of aliphatic hydroxyl groups is 1. The third kappa shape index (κ3) is 5.47. The minimum Gasteiger partial charge on any atom is -0.506 e. The molecular formula is C31H30N4O4. The van der Waals surface area contributed by atoms with Gasteiger partial charge in [-0.15, -0.1) is 0 Å². The Hall–Kier alpha value is -4.66. The first-order chi connectivity index (χ1) is 18.9. The minimum atomic E-state index is -1.34. The highest BCUT2D eigenvalue weighted by Crippen LogP contribution is 2.35. The summed E-state index contributed by atoms with van der Waals surface area (Å²) in [6.45, 7) is -0.0115. The molecule has 0 saturated carbocycles. The predicted molar refractivity (Wildman–Crippen MR) is 153 cm³/mol. The van der Waals surface area contributed by atoms with E-state index in [1.165, 1.54) is 12.1 Å². The Morgan fingerprint density at radius 3 is 2.54 bits per heavy atom. The van der Waals surface area contributed by atoms with E-state index < -0.39 is 5.60 Å². The minimum absolute atomic E-state index is 0.0115. The van der Waals surface area contributed by atoms with Crippen molar-refractivity contribution in [1.29, 1.82) is 0 Å². The molecule has 39 heavy (non-hydrogen) atoms. The van der Waals surface area contributed by atoms with E-state index >= 15 is 0 Å². The first-order valence-corrected chi connectivity index (χ1v) is 12.6. The number of nitrogens with one attached hydrogen (secondary N) is 2. The molecule has 3 aromatic carbocycles. The summed E-state index contributed by atoms with van der Waals surface area (Å²) in [6.07, 6.45) is 4.48. The Morgan fingerprint density at radius 1 is 1.03 bits per heavy atom. The molecule has 6 N–H and O–H groups in total. The molecular weight excluding hydrogens is 492 g/mol. The van der Waals surface area contributed by atoms with E-state index in [1.807, 2.05) is 54.6 Å². The normalized spacial score (nSPS) is 12.7. The van der Waals surface area contributed by atoms with E-state index in [0.29, 0.717) is 23.8 Å². The van der Waals surface area contributed by atoms with Crippen molar-refractivity contribution in [1.82, 2.24) is 9.97 Å². The van der Waals surface area contributed by atoms with Crippen LogP contribution < -0.4 is 21.3 Å². The Morgan fingerprint density at radius 2 is 1.82 bits per heavy atom. The topological polar surface area (TPSA) is 133 Å². The van der Waals surface area contributed by atoms with Gasteiger partial charge in [-0.2, -0.15) is 0 Å². The van der Waals surface area contributed by atoms with Gasteiger partial charge in [-0.3, -0.25) is 9.78 Å². The fourth-order valence-corrected chi connectivity index (χ4v) is 4.79. The number of benzene rings is 3. The number of phenolic OH excluding ortho intramolecular Hbond substituents is 1. The van der Waals surface area contributed by atoms with Crippen LogP contribution in [0, 0.1) is 0 Å². The van der Waals surface area contributed by atoms with Crippen molar-refractivity contribution in [2.75, 3.05) is 19.0 Å². The molecule has 198 valence electrons. The number of H-pyrrole nitrogens is 1. The van der Waals surface area contributed by atoms with Crippen LogP contribution in [0.4, 0.5) is 11.4 Å². The van der Waals surface area contributed by atoms with Gasteiger partial charge in [0, 0.05) is 52.9 Å². The summed E-state index contributed by atoms with van der Waals surface area (Å²) in [7, 11) is 1.65. The van der Waals surface area contributed by atoms with Gasteiger partial charge in [-0.05, 0) is 72.5 Å². The smallest absolute Gasteiger partial charge is 0.248 e. The van der Waals surface area contributed by atoms with Crippen LogP contribution in [0.1, 0.15) is 17.5 Å². The molecule has 8 nitrogen and oxygen atoms in total. The number of aromatic nitrogens is 2. The Balaban J connectivity index is 1.32. The van der Waals surface area contributed by atoms with Gasteiger partial charge in [0.25, 0.3) is 0 Å². The fourth-order valence-electron chi connectivity index (χ4n) is 4.79. The van der Waals surface area contributed by atoms with E-state index in [1.54, 1.807) is 31.6 Å². The van der Waals surface area contributed by atoms with Gasteiger partial charge in [-0.25, -0.2) is 0 Å². The third-order valence-corrected chi connectivity index (χ3v) is 6.95. The molecule has 0 spiro atoms. The molecule has 0 aliphatic rings. The predicted octanol–water partition coefficient (Wildman–Crippen LogP) is 4.83. The van der Waals surface area contributed by atoms with Crippen molar-refractivity contribution in [2.24, 2.45) is 5.73 Å². The zero-order valence-corrected chi connectivity index (χ0v) is 21.5. The molecule has 0 radical (unpaired) electrons. The van der Waals surface area contributed by atoms with Crippen LogP contribution in [0.15, 0.2) is 96.1 Å². The number of aryl methyl sites for hydroxylation is 1. The lowest BCUT2D eigenvalue weighted by Gasteiger charge is -2.28. The maximum Gasteiger partial charge on any atom is 0.248 e. The fraction of sp³-hybridized carbons (Fsp3) is 0.161. The number of hydrogen-bond acceptors (Lipinski definition) is 7. The second-order valence-electron chi connectivity index (χ2n) is 9.46. The van der Waals surface area contributed by atoms with Gasteiger partial charge < -0.3 is 31.0 Å². The Labute approximate surface area is 225 Å². The van der Waals surface area contributed by atoms with Crippen molar-refractivity contribution in [2.45, 2.75) is 18.4 Å². The lowest BCUT2D eigenvalue weighted by molar-refractivity contribution is 0.0384. The number of rotatable bonds is 9. The van der Waals surface area contributed by atoms with Crippen LogP contribution in [0.25, 0.3) is 22.0 Å². The largest absolute Gasteiger partial charge is 0.506 e. The summed E-state index contributed by atoms with van der Waals surface area (Å²) in [4.78, 5) is 18.6. The number of pyridine rings is 2. The van der Waals surface area contributed by atoms with Crippen molar-refractivity contribution in [3.05, 3.63) is 113 Å². The lowest BCUT2D eigenvalue weighted by atomic mass is 9.85. The molecule has 5 aromatic rings.